The number of carbonyl (C=O) groups excluding carboxylic acids is 2. The molecule has 2 rings (SSSR count). The number of Topliss-reactive ketones (excluding diaryl/α,β-unsaturated/α-hetero) is 2. The molecular formula is C12H14O4. The molecule has 1 fully saturated rings. The van der Waals surface area contributed by atoms with Crippen molar-refractivity contribution >= 4 is 11.6 Å². The summed E-state index contributed by atoms with van der Waals surface area (Å²) < 4.78 is 4.99. The maximum atomic E-state index is 11.8. The lowest BCUT2D eigenvalue weighted by Crippen LogP contribution is -2.28. The number of carbonyl (C=O) groups is 2. The topological polar surface area (TPSA) is 66.9 Å². The van der Waals surface area contributed by atoms with E-state index in [1.165, 1.54) is 0 Å². The van der Waals surface area contributed by atoms with Gasteiger partial charge in [0.1, 0.15) is 0 Å². The van der Waals surface area contributed by atoms with Gasteiger partial charge in [0.2, 0.25) is 0 Å². The summed E-state index contributed by atoms with van der Waals surface area (Å²) in [5.41, 5.74) is 0.510. The summed E-state index contributed by atoms with van der Waals surface area (Å²) in [4.78, 5) is 23.4. The van der Waals surface area contributed by atoms with Gasteiger partial charge in [-0.2, -0.15) is 0 Å². The molecule has 1 aliphatic heterocycles. The van der Waals surface area contributed by atoms with E-state index in [1.54, 1.807) is 6.08 Å². The third kappa shape index (κ3) is 1.74. The van der Waals surface area contributed by atoms with E-state index in [0.717, 1.165) is 12.8 Å². The van der Waals surface area contributed by atoms with Crippen LogP contribution in [0.15, 0.2) is 23.3 Å². The van der Waals surface area contributed by atoms with Crippen molar-refractivity contribution in [1.29, 1.82) is 0 Å². The van der Waals surface area contributed by atoms with E-state index >= 15 is 0 Å². The van der Waals surface area contributed by atoms with E-state index < -0.39 is 18.8 Å². The lowest BCUT2D eigenvalue weighted by Gasteiger charge is -2.10. The van der Waals surface area contributed by atoms with Crippen LogP contribution in [0.5, 0.6) is 0 Å². The molecule has 1 aliphatic carbocycles. The van der Waals surface area contributed by atoms with Crippen molar-refractivity contribution < 1.29 is 19.4 Å². The first kappa shape index (κ1) is 11.2. The van der Waals surface area contributed by atoms with E-state index in [2.05, 4.69) is 0 Å². The van der Waals surface area contributed by atoms with Gasteiger partial charge in [-0.05, 0) is 6.42 Å². The van der Waals surface area contributed by atoms with E-state index in [4.69, 9.17) is 9.84 Å². The van der Waals surface area contributed by atoms with Gasteiger partial charge < -0.3 is 9.84 Å². The number of rotatable bonds is 4. The molecule has 0 aromatic carbocycles. The molecule has 0 saturated carbocycles. The number of ether oxygens (including phenoxy) is 1. The Hall–Kier alpha value is -1.26. The van der Waals surface area contributed by atoms with Crippen molar-refractivity contribution in [1.82, 2.24) is 0 Å². The second-order valence-electron chi connectivity index (χ2n) is 3.95. The molecule has 0 aromatic rings. The van der Waals surface area contributed by atoms with Crippen LogP contribution in [0.25, 0.3) is 0 Å². The molecule has 2 atom stereocenters. The molecule has 0 unspecified atom stereocenters. The summed E-state index contributed by atoms with van der Waals surface area (Å²) in [6.07, 6.45) is 4.08. The first-order valence-corrected chi connectivity index (χ1v) is 5.45. The summed E-state index contributed by atoms with van der Waals surface area (Å²) in [5, 5.41) is 9.12. The zero-order valence-electron chi connectivity index (χ0n) is 9.10. The maximum absolute atomic E-state index is 11.8. The molecule has 1 N–H and O–H groups in total. The Morgan fingerprint density at radius 1 is 1.31 bits per heavy atom. The average molecular weight is 222 g/mol. The van der Waals surface area contributed by atoms with Gasteiger partial charge in [-0.3, -0.25) is 9.59 Å². The van der Waals surface area contributed by atoms with Crippen molar-refractivity contribution in [3.63, 3.8) is 0 Å². The van der Waals surface area contributed by atoms with Crippen LogP contribution in [0.1, 0.15) is 19.8 Å². The Morgan fingerprint density at radius 3 is 2.62 bits per heavy atom. The zero-order chi connectivity index (χ0) is 11.7. The van der Waals surface area contributed by atoms with E-state index in [1.807, 2.05) is 13.0 Å². The third-order valence-corrected chi connectivity index (χ3v) is 2.79. The Morgan fingerprint density at radius 2 is 2.00 bits per heavy atom. The van der Waals surface area contributed by atoms with E-state index in [0.29, 0.717) is 5.57 Å². The molecule has 0 aromatic heterocycles. The van der Waals surface area contributed by atoms with Crippen molar-refractivity contribution in [2.75, 3.05) is 6.61 Å². The summed E-state index contributed by atoms with van der Waals surface area (Å²) in [7, 11) is 0. The van der Waals surface area contributed by atoms with Gasteiger partial charge in [0.25, 0.3) is 0 Å². The molecule has 4 heteroatoms. The quantitative estimate of drug-likeness (QED) is 0.705. The number of hydrogen-bond acceptors (Lipinski definition) is 4. The lowest BCUT2D eigenvalue weighted by molar-refractivity contribution is -0.120. The molecule has 16 heavy (non-hydrogen) atoms. The first-order chi connectivity index (χ1) is 7.70. The number of allylic oxidation sites excluding steroid dienone is 2. The number of aliphatic hydroxyl groups excluding tert-OH is 1. The zero-order valence-corrected chi connectivity index (χ0v) is 9.10. The van der Waals surface area contributed by atoms with Crippen LogP contribution < -0.4 is 0 Å². The second kappa shape index (κ2) is 4.31. The smallest absolute Gasteiger partial charge is 0.195 e. The van der Waals surface area contributed by atoms with Crippen LogP contribution in [-0.4, -0.2) is 35.5 Å². The van der Waals surface area contributed by atoms with Gasteiger partial charge in [0.05, 0.1) is 6.61 Å². The minimum Gasteiger partial charge on any atom is -0.392 e. The largest absolute Gasteiger partial charge is 0.392 e. The van der Waals surface area contributed by atoms with Gasteiger partial charge in [0, 0.05) is 11.1 Å². The highest BCUT2D eigenvalue weighted by atomic mass is 16.6. The van der Waals surface area contributed by atoms with Crippen LogP contribution in [-0.2, 0) is 14.3 Å². The molecular weight excluding hydrogens is 208 g/mol. The summed E-state index contributed by atoms with van der Waals surface area (Å²) >= 11 is 0. The molecule has 86 valence electrons. The maximum Gasteiger partial charge on any atom is 0.195 e. The number of unbranched alkanes of at least 4 members (excludes halogenated alkanes) is 1. The number of fused-ring (bicyclic) bond motifs is 1. The van der Waals surface area contributed by atoms with Gasteiger partial charge in [0.15, 0.2) is 23.8 Å². The normalized spacial score (nSPS) is 28.9. The monoisotopic (exact) mass is 222 g/mol. The fraction of sp³-hybridized carbons (Fsp3) is 0.500. The highest BCUT2D eigenvalue weighted by molar-refractivity contribution is 6.20. The highest BCUT2D eigenvalue weighted by Crippen LogP contribution is 2.35. The first-order valence-electron chi connectivity index (χ1n) is 5.45. The fourth-order valence-corrected chi connectivity index (χ4v) is 1.83. The van der Waals surface area contributed by atoms with Crippen LogP contribution >= 0.6 is 0 Å². The van der Waals surface area contributed by atoms with E-state index in [9.17, 15) is 9.59 Å². The molecule has 1 heterocycles. The predicted octanol–water partition coefficient (Wildman–Crippen LogP) is 0.551. The van der Waals surface area contributed by atoms with Gasteiger partial charge >= 0.3 is 0 Å². The minimum absolute atomic E-state index is 0.180. The van der Waals surface area contributed by atoms with Crippen LogP contribution in [0.3, 0.4) is 0 Å². The SMILES string of the molecule is CCC/C=C/C1=C(CO)C(=O)[C@@H]2O[C@@H]2C1=O. The summed E-state index contributed by atoms with van der Waals surface area (Å²) in [5.74, 6) is -0.427. The fourth-order valence-electron chi connectivity index (χ4n) is 1.83. The Balaban J connectivity index is 2.28. The minimum atomic E-state index is -0.627. The van der Waals surface area contributed by atoms with Crippen LogP contribution in [0.2, 0.25) is 0 Å². The van der Waals surface area contributed by atoms with Gasteiger partial charge in [-0.25, -0.2) is 0 Å². The van der Waals surface area contributed by atoms with Crippen molar-refractivity contribution in [3.8, 4) is 0 Å². The Kier molecular flexibility index (Phi) is 3.03. The lowest BCUT2D eigenvalue weighted by atomic mass is 9.89. The number of epoxide rings is 1. The summed E-state index contributed by atoms with van der Waals surface area (Å²) in [6, 6.07) is 0. The molecule has 2 aliphatic rings. The number of hydrogen-bond donors (Lipinski definition) is 1. The number of ketones is 2. The second-order valence-corrected chi connectivity index (χ2v) is 3.95. The van der Waals surface area contributed by atoms with Gasteiger partial charge in [-0.1, -0.05) is 25.5 Å². The standard InChI is InChI=1S/C12H14O4/c1-2-3-4-5-7-8(6-13)10(15)12-11(16-12)9(7)14/h4-5,11-13H,2-3,6H2,1H3/b5-4+/t11-,12+/m1/s1. The van der Waals surface area contributed by atoms with Crippen LogP contribution in [0, 0.1) is 0 Å². The summed E-state index contributed by atoms with van der Waals surface area (Å²) in [6.45, 7) is 1.63. The molecule has 1 saturated heterocycles. The predicted molar refractivity (Wildman–Crippen MR) is 56.8 cm³/mol. The molecule has 0 radical (unpaired) electrons. The van der Waals surface area contributed by atoms with Crippen molar-refractivity contribution in [2.24, 2.45) is 0 Å². The molecule has 0 spiro atoms. The Bertz CT molecular complexity index is 392. The highest BCUT2D eigenvalue weighted by Gasteiger charge is 2.55. The number of aliphatic hydroxyl groups is 1. The Labute approximate surface area is 93.6 Å². The van der Waals surface area contributed by atoms with E-state index in [-0.39, 0.29) is 17.1 Å². The van der Waals surface area contributed by atoms with Crippen LogP contribution in [0.4, 0.5) is 0 Å². The average Bonchev–Trinajstić information content (AvgIpc) is 3.06. The van der Waals surface area contributed by atoms with Crippen molar-refractivity contribution in [2.45, 2.75) is 32.0 Å². The third-order valence-electron chi connectivity index (χ3n) is 2.79. The molecule has 0 amide bonds. The molecule has 4 nitrogen and oxygen atoms in total. The van der Waals surface area contributed by atoms with Gasteiger partial charge in [-0.15, -0.1) is 0 Å². The molecule has 0 bridgehead atoms. The van der Waals surface area contributed by atoms with Crippen molar-refractivity contribution in [3.05, 3.63) is 23.3 Å².